The normalized spacial score (nSPS) is 20.1. The summed E-state index contributed by atoms with van der Waals surface area (Å²) in [6.07, 6.45) is 0.818. The predicted molar refractivity (Wildman–Crippen MR) is 67.2 cm³/mol. The number of hydrogen-bond donors (Lipinski definition) is 1. The van der Waals surface area contributed by atoms with Crippen LogP contribution in [0, 0.1) is 5.92 Å². The van der Waals surface area contributed by atoms with Gasteiger partial charge in [-0.3, -0.25) is 0 Å². The van der Waals surface area contributed by atoms with Crippen molar-refractivity contribution < 1.29 is 13.5 Å². The first-order valence-electron chi connectivity index (χ1n) is 6.36. The summed E-state index contributed by atoms with van der Waals surface area (Å²) in [5.41, 5.74) is 1.05. The lowest BCUT2D eigenvalue weighted by Crippen LogP contribution is -2.30. The molecule has 1 fully saturated rings. The maximum atomic E-state index is 12.6. The van der Waals surface area contributed by atoms with E-state index in [1.54, 1.807) is 6.07 Å². The average Bonchev–Trinajstić information content (AvgIpc) is 2.40. The summed E-state index contributed by atoms with van der Waals surface area (Å²) in [6, 6.07) is 4.73. The highest BCUT2D eigenvalue weighted by Gasteiger charge is 2.17. The third-order valence-electron chi connectivity index (χ3n) is 3.47. The summed E-state index contributed by atoms with van der Waals surface area (Å²) in [5.74, 6) is 1.16. The highest BCUT2D eigenvalue weighted by molar-refractivity contribution is 5.38. The zero-order chi connectivity index (χ0) is 13.0. The van der Waals surface area contributed by atoms with Crippen molar-refractivity contribution in [1.82, 2.24) is 5.32 Å². The second-order valence-electron chi connectivity index (χ2n) is 4.79. The number of halogens is 2. The van der Waals surface area contributed by atoms with Gasteiger partial charge in [-0.25, -0.2) is 8.78 Å². The molecular formula is C14H19F2NO. The van der Waals surface area contributed by atoms with Crippen molar-refractivity contribution in [2.45, 2.75) is 25.7 Å². The molecule has 0 amide bonds. The largest absolute Gasteiger partial charge is 0.496 e. The van der Waals surface area contributed by atoms with Crippen LogP contribution < -0.4 is 10.1 Å². The van der Waals surface area contributed by atoms with Crippen LogP contribution in [0.5, 0.6) is 5.75 Å². The maximum absolute atomic E-state index is 12.6. The van der Waals surface area contributed by atoms with Crippen LogP contribution in [-0.2, 0) is 6.42 Å². The molecule has 2 nitrogen and oxygen atoms in total. The molecular weight excluding hydrogens is 236 g/mol. The molecule has 1 unspecified atom stereocenters. The van der Waals surface area contributed by atoms with Crippen LogP contribution in [0.2, 0.25) is 0 Å². The first kappa shape index (κ1) is 13.3. The standard InChI is InChI=1S/C14H19F2NO/c1-18-13-8-12(14(15)16)5-4-11(13)7-10-3-2-6-17-9-10/h4-5,8,10,14,17H,2-3,6-7,9H2,1H3. The number of ether oxygens (including phenoxy) is 1. The van der Waals surface area contributed by atoms with E-state index in [4.69, 9.17) is 4.74 Å². The van der Waals surface area contributed by atoms with Gasteiger partial charge in [0.2, 0.25) is 0 Å². The highest BCUT2D eigenvalue weighted by Crippen LogP contribution is 2.29. The van der Waals surface area contributed by atoms with Gasteiger partial charge in [0.05, 0.1) is 7.11 Å². The molecule has 1 aromatic rings. The van der Waals surface area contributed by atoms with Crippen molar-refractivity contribution in [3.63, 3.8) is 0 Å². The second-order valence-corrected chi connectivity index (χ2v) is 4.79. The third kappa shape index (κ3) is 3.19. The molecule has 1 heterocycles. The molecule has 0 aliphatic carbocycles. The van der Waals surface area contributed by atoms with E-state index < -0.39 is 6.43 Å². The molecule has 100 valence electrons. The molecule has 1 aliphatic rings. The molecule has 0 bridgehead atoms. The number of rotatable bonds is 4. The Hall–Kier alpha value is -1.16. The lowest BCUT2D eigenvalue weighted by atomic mass is 9.91. The van der Waals surface area contributed by atoms with Gasteiger partial charge in [-0.05, 0) is 49.9 Å². The number of hydrogen-bond acceptors (Lipinski definition) is 2. The van der Waals surface area contributed by atoms with Crippen molar-refractivity contribution in [3.8, 4) is 5.75 Å². The van der Waals surface area contributed by atoms with Crippen molar-refractivity contribution in [2.24, 2.45) is 5.92 Å². The minimum absolute atomic E-state index is 0.0253. The lowest BCUT2D eigenvalue weighted by molar-refractivity contribution is 0.151. The van der Waals surface area contributed by atoms with Crippen LogP contribution in [0.15, 0.2) is 18.2 Å². The Bertz CT molecular complexity index is 389. The van der Waals surface area contributed by atoms with Gasteiger partial charge in [0, 0.05) is 5.56 Å². The van der Waals surface area contributed by atoms with Gasteiger partial charge >= 0.3 is 0 Å². The van der Waals surface area contributed by atoms with Crippen LogP contribution in [-0.4, -0.2) is 20.2 Å². The Balaban J connectivity index is 2.11. The molecule has 0 aromatic heterocycles. The minimum Gasteiger partial charge on any atom is -0.496 e. The van der Waals surface area contributed by atoms with Gasteiger partial charge in [0.15, 0.2) is 0 Å². The summed E-state index contributed by atoms with van der Waals surface area (Å²) in [5, 5.41) is 3.36. The topological polar surface area (TPSA) is 21.3 Å². The van der Waals surface area contributed by atoms with Gasteiger partial charge < -0.3 is 10.1 Å². The fourth-order valence-corrected chi connectivity index (χ4v) is 2.47. The Morgan fingerprint density at radius 2 is 2.28 bits per heavy atom. The zero-order valence-corrected chi connectivity index (χ0v) is 10.6. The van der Waals surface area contributed by atoms with Crippen molar-refractivity contribution in [2.75, 3.05) is 20.2 Å². The van der Waals surface area contributed by atoms with Gasteiger partial charge in [-0.15, -0.1) is 0 Å². The van der Waals surface area contributed by atoms with Crippen LogP contribution in [0.1, 0.15) is 30.4 Å². The van der Waals surface area contributed by atoms with E-state index in [1.807, 2.05) is 0 Å². The second kappa shape index (κ2) is 6.14. The lowest BCUT2D eigenvalue weighted by Gasteiger charge is -2.23. The Morgan fingerprint density at radius 3 is 2.89 bits per heavy atom. The van der Waals surface area contributed by atoms with Crippen molar-refractivity contribution in [1.29, 1.82) is 0 Å². The van der Waals surface area contributed by atoms with E-state index in [2.05, 4.69) is 5.32 Å². The number of benzene rings is 1. The van der Waals surface area contributed by atoms with E-state index >= 15 is 0 Å². The summed E-state index contributed by atoms with van der Waals surface area (Å²) in [7, 11) is 1.53. The van der Waals surface area contributed by atoms with E-state index in [0.717, 1.165) is 25.1 Å². The molecule has 0 saturated carbocycles. The highest BCUT2D eigenvalue weighted by atomic mass is 19.3. The van der Waals surface area contributed by atoms with E-state index in [9.17, 15) is 8.78 Å². The Kier molecular flexibility index (Phi) is 4.53. The van der Waals surface area contributed by atoms with Crippen LogP contribution in [0.3, 0.4) is 0 Å². The van der Waals surface area contributed by atoms with Crippen molar-refractivity contribution in [3.05, 3.63) is 29.3 Å². The molecule has 18 heavy (non-hydrogen) atoms. The van der Waals surface area contributed by atoms with E-state index in [-0.39, 0.29) is 5.56 Å². The number of piperidine rings is 1. The molecule has 1 atom stereocenters. The van der Waals surface area contributed by atoms with Crippen molar-refractivity contribution >= 4 is 0 Å². The minimum atomic E-state index is -2.44. The SMILES string of the molecule is COc1cc(C(F)F)ccc1CC1CCCNC1. The van der Waals surface area contributed by atoms with Crippen LogP contribution in [0.25, 0.3) is 0 Å². The van der Waals surface area contributed by atoms with Crippen LogP contribution in [0.4, 0.5) is 8.78 Å². The summed E-state index contributed by atoms with van der Waals surface area (Å²) >= 11 is 0. The fourth-order valence-electron chi connectivity index (χ4n) is 2.47. The first-order chi connectivity index (χ1) is 8.70. The van der Waals surface area contributed by atoms with Gasteiger partial charge in [-0.2, -0.15) is 0 Å². The third-order valence-corrected chi connectivity index (χ3v) is 3.47. The van der Waals surface area contributed by atoms with E-state index in [1.165, 1.54) is 32.1 Å². The zero-order valence-electron chi connectivity index (χ0n) is 10.6. The maximum Gasteiger partial charge on any atom is 0.263 e. The number of methoxy groups -OCH3 is 1. The molecule has 0 spiro atoms. The van der Waals surface area contributed by atoms with E-state index in [0.29, 0.717) is 11.7 Å². The molecule has 1 N–H and O–H groups in total. The number of nitrogens with one attached hydrogen (secondary N) is 1. The smallest absolute Gasteiger partial charge is 0.263 e. The van der Waals surface area contributed by atoms with Gasteiger partial charge in [-0.1, -0.05) is 12.1 Å². The first-order valence-corrected chi connectivity index (χ1v) is 6.36. The van der Waals surface area contributed by atoms with Crippen LogP contribution >= 0.6 is 0 Å². The summed E-state index contributed by atoms with van der Waals surface area (Å²) in [6.45, 7) is 2.08. The Labute approximate surface area is 106 Å². The molecule has 4 heteroatoms. The predicted octanol–water partition coefficient (Wildman–Crippen LogP) is 3.17. The summed E-state index contributed by atoms with van der Waals surface area (Å²) in [4.78, 5) is 0. The molecule has 0 radical (unpaired) electrons. The molecule has 1 aliphatic heterocycles. The Morgan fingerprint density at radius 1 is 1.44 bits per heavy atom. The molecule has 1 saturated heterocycles. The quantitative estimate of drug-likeness (QED) is 0.892. The van der Waals surface area contributed by atoms with Gasteiger partial charge in [0.25, 0.3) is 6.43 Å². The number of alkyl halides is 2. The summed E-state index contributed by atoms with van der Waals surface area (Å²) < 4.78 is 30.4. The average molecular weight is 255 g/mol. The fraction of sp³-hybridized carbons (Fsp3) is 0.571. The molecule has 1 aromatic carbocycles. The molecule has 2 rings (SSSR count). The van der Waals surface area contributed by atoms with Gasteiger partial charge in [0.1, 0.15) is 5.75 Å². The monoisotopic (exact) mass is 255 g/mol.